The van der Waals surface area contributed by atoms with Gasteiger partial charge in [-0.1, -0.05) is 104 Å². The van der Waals surface area contributed by atoms with E-state index in [9.17, 15) is 12.9 Å². The van der Waals surface area contributed by atoms with Gasteiger partial charge in [-0.2, -0.15) is 8.42 Å². The Morgan fingerprint density at radius 3 is 1.64 bits per heavy atom. The molecule has 5 heteroatoms. The van der Waals surface area contributed by atoms with E-state index in [2.05, 4.69) is 59.8 Å². The van der Waals surface area contributed by atoms with Gasteiger partial charge in [-0.25, -0.2) is 0 Å². The first-order valence-corrected chi connectivity index (χ1v) is 10.3. The third-order valence-corrected chi connectivity index (χ3v) is 4.71. The van der Waals surface area contributed by atoms with Crippen LogP contribution in [0.1, 0.15) is 45.4 Å². The number of unbranched alkanes of at least 4 members (excludes halogenated alkanes) is 5. The smallest absolute Gasteiger partial charge is 0.197 e. The van der Waals surface area contributed by atoms with E-state index in [4.69, 9.17) is 0 Å². The first-order valence-electron chi connectivity index (χ1n) is 8.72. The van der Waals surface area contributed by atoms with Crippen LogP contribution in [-0.4, -0.2) is 14.2 Å². The SMILES string of the molecule is CCCCCCCCS(=O)(=O)OF.c1ccc(-c2ccccc2)cc1. The lowest BCUT2D eigenvalue weighted by atomic mass is 10.1. The third-order valence-electron chi connectivity index (χ3n) is 3.72. The van der Waals surface area contributed by atoms with Gasteiger partial charge in [0.15, 0.2) is 0 Å². The molecule has 0 amide bonds. The van der Waals surface area contributed by atoms with Crippen molar-refractivity contribution in [3.8, 4) is 11.1 Å². The van der Waals surface area contributed by atoms with Gasteiger partial charge in [0.25, 0.3) is 10.1 Å². The van der Waals surface area contributed by atoms with Crippen LogP contribution < -0.4 is 0 Å². The zero-order valence-corrected chi connectivity index (χ0v) is 15.6. The van der Waals surface area contributed by atoms with E-state index >= 15 is 0 Å². The number of hydrogen-bond acceptors (Lipinski definition) is 3. The molecule has 0 aliphatic heterocycles. The van der Waals surface area contributed by atoms with E-state index in [1.165, 1.54) is 17.5 Å². The lowest BCUT2D eigenvalue weighted by molar-refractivity contribution is 0.00288. The highest BCUT2D eigenvalue weighted by atomic mass is 32.2. The van der Waals surface area contributed by atoms with Crippen molar-refractivity contribution >= 4 is 10.1 Å². The molecule has 0 aromatic heterocycles. The van der Waals surface area contributed by atoms with E-state index in [0.717, 1.165) is 25.7 Å². The lowest BCUT2D eigenvalue weighted by Crippen LogP contribution is -2.05. The van der Waals surface area contributed by atoms with E-state index in [1.807, 2.05) is 12.1 Å². The molecular formula is C20H27FO3S. The van der Waals surface area contributed by atoms with Crippen molar-refractivity contribution in [2.24, 2.45) is 0 Å². The van der Waals surface area contributed by atoms with Gasteiger partial charge in [0.2, 0.25) is 0 Å². The maximum Gasteiger partial charge on any atom is 0.297 e. The fourth-order valence-electron chi connectivity index (χ4n) is 2.35. The minimum atomic E-state index is -3.88. The van der Waals surface area contributed by atoms with Gasteiger partial charge in [0, 0.05) is 0 Å². The fourth-order valence-corrected chi connectivity index (χ4v) is 2.97. The van der Waals surface area contributed by atoms with Crippen molar-refractivity contribution in [2.75, 3.05) is 5.75 Å². The van der Waals surface area contributed by atoms with Crippen LogP contribution in [0.2, 0.25) is 0 Å². The summed E-state index contributed by atoms with van der Waals surface area (Å²) in [6.07, 6.45) is 5.76. The maximum atomic E-state index is 11.3. The summed E-state index contributed by atoms with van der Waals surface area (Å²) in [5.74, 6) is -0.213. The van der Waals surface area contributed by atoms with Gasteiger partial charge in [0.05, 0.1) is 5.75 Å². The first kappa shape index (κ1) is 21.3. The second kappa shape index (κ2) is 12.6. The largest absolute Gasteiger partial charge is 0.297 e. The van der Waals surface area contributed by atoms with Gasteiger partial charge >= 0.3 is 0 Å². The molecule has 0 aliphatic carbocycles. The monoisotopic (exact) mass is 366 g/mol. The Morgan fingerprint density at radius 1 is 0.760 bits per heavy atom. The summed E-state index contributed by atoms with van der Waals surface area (Å²) in [6, 6.07) is 20.8. The van der Waals surface area contributed by atoms with Gasteiger partial charge in [0.1, 0.15) is 0 Å². The van der Waals surface area contributed by atoms with Crippen LogP contribution in [0.4, 0.5) is 4.53 Å². The number of halogens is 1. The first-order chi connectivity index (χ1) is 12.1. The van der Waals surface area contributed by atoms with Gasteiger partial charge in [-0.05, 0) is 22.1 Å². The minimum absolute atomic E-state index is 0.213. The number of benzene rings is 2. The average molecular weight is 366 g/mol. The van der Waals surface area contributed by atoms with Crippen LogP contribution in [0, 0.1) is 0 Å². The molecule has 2 rings (SSSR count). The molecule has 138 valence electrons. The standard InChI is InChI=1S/C12H10.C8H17FO3S/c1-3-7-11(8-4-1)12-9-5-2-6-10-12;1-2-3-4-5-6-7-8-13(10,11)12-9/h1-10H;2-8H2,1H3. The third kappa shape index (κ3) is 9.99. The van der Waals surface area contributed by atoms with Gasteiger partial charge in [-0.3, -0.25) is 0 Å². The molecule has 3 nitrogen and oxygen atoms in total. The van der Waals surface area contributed by atoms with Crippen LogP contribution in [0.5, 0.6) is 0 Å². The van der Waals surface area contributed by atoms with E-state index in [1.54, 1.807) is 0 Å². The van der Waals surface area contributed by atoms with Crippen molar-refractivity contribution in [1.29, 1.82) is 0 Å². The second-order valence-electron chi connectivity index (χ2n) is 5.82. The van der Waals surface area contributed by atoms with E-state index in [0.29, 0.717) is 6.42 Å². The normalized spacial score (nSPS) is 10.8. The maximum absolute atomic E-state index is 11.3. The molecule has 0 heterocycles. The highest BCUT2D eigenvalue weighted by Crippen LogP contribution is 2.17. The van der Waals surface area contributed by atoms with Crippen molar-refractivity contribution in [3.05, 3.63) is 60.7 Å². The lowest BCUT2D eigenvalue weighted by Gasteiger charge is -1.99. The van der Waals surface area contributed by atoms with Crippen molar-refractivity contribution in [3.63, 3.8) is 0 Å². The highest BCUT2D eigenvalue weighted by molar-refractivity contribution is 7.86. The van der Waals surface area contributed by atoms with Crippen LogP contribution in [-0.2, 0) is 14.5 Å². The quantitative estimate of drug-likeness (QED) is 0.516. The molecule has 0 bridgehead atoms. The molecule has 0 unspecified atom stereocenters. The predicted octanol–water partition coefficient (Wildman–Crippen LogP) is 5.93. The van der Waals surface area contributed by atoms with Crippen LogP contribution in [0.3, 0.4) is 0 Å². The number of rotatable bonds is 9. The van der Waals surface area contributed by atoms with Gasteiger partial charge < -0.3 is 0 Å². The predicted molar refractivity (Wildman–Crippen MR) is 101 cm³/mol. The van der Waals surface area contributed by atoms with E-state index in [-0.39, 0.29) is 5.75 Å². The average Bonchev–Trinajstić information content (AvgIpc) is 2.66. The molecule has 25 heavy (non-hydrogen) atoms. The number of hydrogen-bond donors (Lipinski definition) is 0. The Bertz CT molecular complexity index is 620. The van der Waals surface area contributed by atoms with Crippen molar-refractivity contribution in [1.82, 2.24) is 0 Å². The molecule has 0 atom stereocenters. The zero-order chi connectivity index (χ0) is 18.4. The van der Waals surface area contributed by atoms with Crippen LogP contribution in [0.15, 0.2) is 60.7 Å². The van der Waals surface area contributed by atoms with Crippen LogP contribution in [0.25, 0.3) is 11.1 Å². The van der Waals surface area contributed by atoms with E-state index < -0.39 is 10.1 Å². The Balaban J connectivity index is 0.000000250. The molecule has 0 aliphatic rings. The highest BCUT2D eigenvalue weighted by Gasteiger charge is 2.09. The summed E-state index contributed by atoms with van der Waals surface area (Å²) in [7, 11) is -3.88. The Kier molecular flexibility index (Phi) is 10.8. The molecule has 2 aromatic carbocycles. The summed E-state index contributed by atoms with van der Waals surface area (Å²) in [5, 5.41) is 0. The summed E-state index contributed by atoms with van der Waals surface area (Å²) in [6.45, 7) is 2.11. The Hall–Kier alpha value is -1.72. The minimum Gasteiger partial charge on any atom is -0.197 e. The molecule has 0 radical (unpaired) electrons. The molecule has 0 saturated carbocycles. The molecule has 2 aromatic rings. The molecule has 0 N–H and O–H groups in total. The topological polar surface area (TPSA) is 43.4 Å². The molecule has 0 saturated heterocycles. The molecular weight excluding hydrogens is 339 g/mol. The summed E-state index contributed by atoms with van der Waals surface area (Å²) in [5.41, 5.74) is 2.55. The second-order valence-corrected chi connectivity index (χ2v) is 7.47. The Morgan fingerprint density at radius 2 is 1.20 bits per heavy atom. The van der Waals surface area contributed by atoms with Crippen molar-refractivity contribution in [2.45, 2.75) is 45.4 Å². The van der Waals surface area contributed by atoms with Crippen LogP contribution >= 0.6 is 0 Å². The van der Waals surface area contributed by atoms with Gasteiger partial charge in [-0.15, -0.1) is 0 Å². The van der Waals surface area contributed by atoms with Crippen molar-refractivity contribution < 1.29 is 17.3 Å². The summed E-state index contributed by atoms with van der Waals surface area (Å²) < 4.78 is 35.1. The molecule has 0 spiro atoms. The zero-order valence-electron chi connectivity index (χ0n) is 14.7. The summed E-state index contributed by atoms with van der Waals surface area (Å²) >= 11 is 0. The fraction of sp³-hybridized carbons (Fsp3) is 0.400. The molecule has 0 fully saturated rings. The summed E-state index contributed by atoms with van der Waals surface area (Å²) in [4.78, 5) is 0. The Labute approximate surface area is 150 Å².